The fraction of sp³-hybridized carbons (Fsp3) is 0.545. The van der Waals surface area contributed by atoms with Crippen LogP contribution in [0, 0.1) is 6.92 Å². The highest BCUT2D eigenvalue weighted by Gasteiger charge is 2.25. The summed E-state index contributed by atoms with van der Waals surface area (Å²) in [5, 5.41) is 8.88. The molecule has 0 radical (unpaired) electrons. The molecule has 5 nitrogen and oxygen atoms in total. The van der Waals surface area contributed by atoms with Gasteiger partial charge < -0.3 is 5.11 Å². The van der Waals surface area contributed by atoms with Gasteiger partial charge >= 0.3 is 5.97 Å². The average molecular weight is 323 g/mol. The Hall–Kier alpha value is -0.570. The van der Waals surface area contributed by atoms with E-state index >= 15 is 0 Å². The van der Waals surface area contributed by atoms with E-state index in [0.717, 1.165) is 11.3 Å². The molecule has 8 heteroatoms. The molecule has 0 aliphatic heterocycles. The van der Waals surface area contributed by atoms with E-state index in [1.165, 1.54) is 6.07 Å². The number of hydrogen-bond acceptors (Lipinski definition) is 5. The minimum atomic E-state index is -3.66. The Balaban J connectivity index is 2.98. The highest BCUT2D eigenvalue weighted by molar-refractivity contribution is 8.00. The lowest BCUT2D eigenvalue weighted by atomic mass is 10.2. The summed E-state index contributed by atoms with van der Waals surface area (Å²) < 4.78 is 26.6. The molecular weight excluding hydrogens is 306 g/mol. The predicted octanol–water partition coefficient (Wildman–Crippen LogP) is 2.17. The van der Waals surface area contributed by atoms with Crippen LogP contribution < -0.4 is 4.72 Å². The summed E-state index contributed by atoms with van der Waals surface area (Å²) in [5.74, 6) is -1.11. The van der Waals surface area contributed by atoms with Crippen LogP contribution in [-0.4, -0.2) is 37.0 Å². The van der Waals surface area contributed by atoms with Crippen LogP contribution in [0.2, 0.25) is 0 Å². The number of thioether (sulfide) groups is 1. The quantitative estimate of drug-likeness (QED) is 0.838. The van der Waals surface area contributed by atoms with Crippen molar-refractivity contribution in [2.75, 3.05) is 12.8 Å². The summed E-state index contributed by atoms with van der Waals surface area (Å²) in [6.07, 6.45) is 1.91. The summed E-state index contributed by atoms with van der Waals surface area (Å²) in [4.78, 5) is 11.4. The van der Waals surface area contributed by atoms with Crippen LogP contribution >= 0.6 is 23.1 Å². The standard InChI is InChI=1S/C11H17NO4S3/c1-7-9(5-8(18-7)10(13)14)19(15,16)12-6-11(2,3)17-4/h5,12H,6H2,1-4H3,(H,13,14). The first kappa shape index (κ1) is 16.5. The van der Waals surface area contributed by atoms with Gasteiger partial charge in [0.05, 0.1) is 4.90 Å². The highest BCUT2D eigenvalue weighted by Crippen LogP contribution is 2.26. The van der Waals surface area contributed by atoms with Crippen LogP contribution in [0.15, 0.2) is 11.0 Å². The minimum absolute atomic E-state index is 0.0296. The monoisotopic (exact) mass is 323 g/mol. The summed E-state index contributed by atoms with van der Waals surface area (Å²) in [6.45, 7) is 5.76. The SMILES string of the molecule is CSC(C)(C)CNS(=O)(=O)c1cc(C(=O)O)sc1C. The normalized spacial score (nSPS) is 12.6. The van der Waals surface area contributed by atoms with E-state index in [-0.39, 0.29) is 21.1 Å². The molecule has 1 heterocycles. The van der Waals surface area contributed by atoms with Gasteiger partial charge in [-0.1, -0.05) is 0 Å². The third kappa shape index (κ3) is 4.20. The van der Waals surface area contributed by atoms with Gasteiger partial charge in [-0.15, -0.1) is 11.3 Å². The number of aromatic carboxylic acids is 1. The Morgan fingerprint density at radius 2 is 2.11 bits per heavy atom. The molecule has 0 bridgehead atoms. The van der Waals surface area contributed by atoms with E-state index in [1.54, 1.807) is 18.7 Å². The molecule has 0 amide bonds. The third-order valence-electron chi connectivity index (χ3n) is 2.61. The number of rotatable bonds is 6. The molecule has 0 aliphatic rings. The van der Waals surface area contributed by atoms with Crippen LogP contribution in [0.3, 0.4) is 0 Å². The Bertz CT molecular complexity index is 575. The second kappa shape index (κ2) is 5.82. The number of carboxylic acids is 1. The fourth-order valence-electron chi connectivity index (χ4n) is 1.26. The molecule has 0 atom stereocenters. The van der Waals surface area contributed by atoms with Gasteiger partial charge in [-0.25, -0.2) is 17.9 Å². The molecule has 0 saturated heterocycles. The zero-order valence-corrected chi connectivity index (χ0v) is 13.6. The van der Waals surface area contributed by atoms with Crippen LogP contribution in [0.4, 0.5) is 0 Å². The number of sulfonamides is 1. The molecule has 1 aromatic heterocycles. The molecule has 0 unspecified atom stereocenters. The summed E-state index contributed by atoms with van der Waals surface area (Å²) >= 11 is 2.52. The maximum atomic E-state index is 12.1. The molecular formula is C11H17NO4S3. The Labute approximate surface area is 121 Å². The first-order valence-electron chi connectivity index (χ1n) is 5.47. The van der Waals surface area contributed by atoms with Crippen LogP contribution in [-0.2, 0) is 10.0 Å². The van der Waals surface area contributed by atoms with E-state index in [1.807, 2.05) is 20.1 Å². The molecule has 2 N–H and O–H groups in total. The fourth-order valence-corrected chi connectivity index (χ4v) is 4.20. The molecule has 1 rings (SSSR count). The van der Waals surface area contributed by atoms with Crippen molar-refractivity contribution in [3.8, 4) is 0 Å². The van der Waals surface area contributed by atoms with E-state index in [4.69, 9.17) is 5.11 Å². The molecule has 0 aliphatic carbocycles. The first-order valence-corrected chi connectivity index (χ1v) is 9.00. The van der Waals surface area contributed by atoms with Crippen LogP contribution in [0.1, 0.15) is 28.4 Å². The van der Waals surface area contributed by atoms with Gasteiger partial charge in [0.25, 0.3) is 0 Å². The summed E-state index contributed by atoms with van der Waals surface area (Å²) in [5.41, 5.74) is 0. The van der Waals surface area contributed by atoms with Crippen molar-refractivity contribution in [1.82, 2.24) is 4.72 Å². The van der Waals surface area contributed by atoms with Crippen LogP contribution in [0.25, 0.3) is 0 Å². The van der Waals surface area contributed by atoms with E-state index in [9.17, 15) is 13.2 Å². The van der Waals surface area contributed by atoms with Crippen molar-refractivity contribution in [1.29, 1.82) is 0 Å². The van der Waals surface area contributed by atoms with Gasteiger partial charge in [0, 0.05) is 16.2 Å². The van der Waals surface area contributed by atoms with Gasteiger partial charge in [0.1, 0.15) is 4.88 Å². The lowest BCUT2D eigenvalue weighted by molar-refractivity contribution is 0.0702. The number of aryl methyl sites for hydroxylation is 1. The van der Waals surface area contributed by atoms with Gasteiger partial charge in [0.2, 0.25) is 10.0 Å². The zero-order valence-electron chi connectivity index (χ0n) is 11.2. The van der Waals surface area contributed by atoms with Crippen molar-refractivity contribution in [2.24, 2.45) is 0 Å². The molecule has 19 heavy (non-hydrogen) atoms. The van der Waals surface area contributed by atoms with Gasteiger partial charge in [-0.3, -0.25) is 0 Å². The Morgan fingerprint density at radius 1 is 1.53 bits per heavy atom. The van der Waals surface area contributed by atoms with E-state index in [2.05, 4.69) is 4.72 Å². The smallest absolute Gasteiger partial charge is 0.345 e. The van der Waals surface area contributed by atoms with E-state index in [0.29, 0.717) is 4.88 Å². The minimum Gasteiger partial charge on any atom is -0.477 e. The average Bonchev–Trinajstić information content (AvgIpc) is 2.70. The summed E-state index contributed by atoms with van der Waals surface area (Å²) in [7, 11) is -3.66. The summed E-state index contributed by atoms with van der Waals surface area (Å²) in [6, 6.07) is 1.21. The Morgan fingerprint density at radius 3 is 2.53 bits per heavy atom. The molecule has 108 valence electrons. The third-order valence-corrected chi connectivity index (χ3v) is 6.56. The van der Waals surface area contributed by atoms with Crippen molar-refractivity contribution < 1.29 is 18.3 Å². The highest BCUT2D eigenvalue weighted by atomic mass is 32.2. The number of nitrogens with one attached hydrogen (secondary N) is 1. The Kier molecular flexibility index (Phi) is 5.05. The second-order valence-electron chi connectivity index (χ2n) is 4.62. The topological polar surface area (TPSA) is 83.5 Å². The number of carbonyl (C=O) groups is 1. The largest absolute Gasteiger partial charge is 0.477 e. The first-order chi connectivity index (χ1) is 8.59. The van der Waals surface area contributed by atoms with Gasteiger partial charge in [-0.2, -0.15) is 11.8 Å². The number of carboxylic acid groups (broad SMARTS) is 1. The van der Waals surface area contributed by atoms with Crippen molar-refractivity contribution in [2.45, 2.75) is 30.4 Å². The number of thiophene rings is 1. The maximum Gasteiger partial charge on any atom is 0.345 e. The lowest BCUT2D eigenvalue weighted by Crippen LogP contribution is -2.36. The van der Waals surface area contributed by atoms with Crippen molar-refractivity contribution in [3.05, 3.63) is 15.8 Å². The second-order valence-corrected chi connectivity index (χ2v) is 9.13. The molecule has 0 aromatic carbocycles. The lowest BCUT2D eigenvalue weighted by Gasteiger charge is -2.22. The van der Waals surface area contributed by atoms with E-state index < -0.39 is 16.0 Å². The number of hydrogen-bond donors (Lipinski definition) is 2. The van der Waals surface area contributed by atoms with Crippen LogP contribution in [0.5, 0.6) is 0 Å². The van der Waals surface area contributed by atoms with Crippen molar-refractivity contribution >= 4 is 39.1 Å². The van der Waals surface area contributed by atoms with Crippen molar-refractivity contribution in [3.63, 3.8) is 0 Å². The molecule has 1 aromatic rings. The molecule has 0 saturated carbocycles. The molecule has 0 spiro atoms. The zero-order chi connectivity index (χ0) is 14.8. The maximum absolute atomic E-state index is 12.1. The van der Waals surface area contributed by atoms with Gasteiger partial charge in [0.15, 0.2) is 0 Å². The predicted molar refractivity (Wildman–Crippen MR) is 78.8 cm³/mol. The molecule has 0 fully saturated rings. The van der Waals surface area contributed by atoms with Gasteiger partial charge in [-0.05, 0) is 33.1 Å².